The zero-order valence-corrected chi connectivity index (χ0v) is 22.3. The Morgan fingerprint density at radius 1 is 0.765 bits per heavy atom. The summed E-state index contributed by atoms with van der Waals surface area (Å²) < 4.78 is 5.37. The summed E-state index contributed by atoms with van der Waals surface area (Å²) in [7, 11) is 4.25. The van der Waals surface area contributed by atoms with Crippen LogP contribution in [0, 0.1) is 0 Å². The molecule has 194 valence electrons. The van der Waals surface area contributed by atoms with E-state index < -0.39 is 5.60 Å². The molecule has 6 nitrogen and oxygen atoms in total. The van der Waals surface area contributed by atoms with E-state index in [-0.39, 0.29) is 24.8 Å². The molecule has 1 aromatic carbocycles. The lowest BCUT2D eigenvalue weighted by Crippen LogP contribution is -2.34. The highest BCUT2D eigenvalue weighted by molar-refractivity contribution is 5.76. The Labute approximate surface area is 207 Å². The van der Waals surface area contributed by atoms with Gasteiger partial charge in [0.1, 0.15) is 12.2 Å². The molecular formula is C28H48N2O4. The fourth-order valence-electron chi connectivity index (χ4n) is 3.64. The molecule has 0 atom stereocenters. The van der Waals surface area contributed by atoms with Crippen molar-refractivity contribution in [3.05, 3.63) is 35.9 Å². The van der Waals surface area contributed by atoms with E-state index >= 15 is 0 Å². The number of rotatable bonds is 18. The molecule has 0 radical (unpaired) electrons. The van der Waals surface area contributed by atoms with E-state index in [0.29, 0.717) is 13.0 Å². The van der Waals surface area contributed by atoms with Crippen molar-refractivity contribution < 1.29 is 19.2 Å². The van der Waals surface area contributed by atoms with Crippen LogP contribution in [0.3, 0.4) is 0 Å². The van der Waals surface area contributed by atoms with Crippen LogP contribution in [0.4, 0.5) is 0 Å². The van der Waals surface area contributed by atoms with Crippen LogP contribution in [-0.2, 0) is 25.8 Å². The van der Waals surface area contributed by atoms with Gasteiger partial charge < -0.3 is 9.64 Å². The molecule has 0 aliphatic heterocycles. The summed E-state index contributed by atoms with van der Waals surface area (Å²) >= 11 is 0. The molecule has 34 heavy (non-hydrogen) atoms. The van der Waals surface area contributed by atoms with Crippen LogP contribution in [0.1, 0.15) is 97.0 Å². The third kappa shape index (κ3) is 16.7. The van der Waals surface area contributed by atoms with Gasteiger partial charge in [-0.3, -0.25) is 14.4 Å². The standard InChI is InChI=1S/C28H48N2O4/c1-28(2,3)34-27(32)21-23-30(33-24-25-18-14-13-15-19-25)26(31)20-16-11-9-7-6-8-10-12-17-22-29(4)5/h13-15,18-19H,6-12,16-17,20-24H2,1-5H3. The minimum atomic E-state index is -0.539. The molecule has 0 aromatic heterocycles. The van der Waals surface area contributed by atoms with Crippen molar-refractivity contribution in [3.8, 4) is 0 Å². The highest BCUT2D eigenvalue weighted by Gasteiger charge is 2.20. The Bertz CT molecular complexity index is 671. The molecule has 0 unspecified atom stereocenters. The van der Waals surface area contributed by atoms with Gasteiger partial charge in [-0.1, -0.05) is 75.3 Å². The number of ether oxygens (including phenoxy) is 1. The summed E-state index contributed by atoms with van der Waals surface area (Å²) in [4.78, 5) is 32.9. The molecule has 0 saturated heterocycles. The summed E-state index contributed by atoms with van der Waals surface area (Å²) in [6.45, 7) is 7.20. The smallest absolute Gasteiger partial charge is 0.308 e. The summed E-state index contributed by atoms with van der Waals surface area (Å²) in [5.41, 5.74) is 0.447. The number of hydroxylamine groups is 2. The number of esters is 1. The predicted molar refractivity (Wildman–Crippen MR) is 138 cm³/mol. The number of carbonyl (C=O) groups excluding carboxylic acids is 2. The Morgan fingerprint density at radius 3 is 1.88 bits per heavy atom. The number of unbranched alkanes of at least 4 members (excludes halogenated alkanes) is 8. The van der Waals surface area contributed by atoms with Gasteiger partial charge in [-0.25, -0.2) is 5.06 Å². The van der Waals surface area contributed by atoms with Crippen molar-refractivity contribution >= 4 is 11.9 Å². The van der Waals surface area contributed by atoms with Crippen molar-refractivity contribution in [1.29, 1.82) is 0 Å². The van der Waals surface area contributed by atoms with Gasteiger partial charge in [-0.2, -0.15) is 0 Å². The molecule has 6 heteroatoms. The highest BCUT2D eigenvalue weighted by atomic mass is 16.7. The van der Waals surface area contributed by atoms with Gasteiger partial charge in [-0.05, 0) is 59.8 Å². The Balaban J connectivity index is 2.30. The molecule has 0 aliphatic carbocycles. The normalized spacial score (nSPS) is 11.6. The largest absolute Gasteiger partial charge is 0.460 e. The van der Waals surface area contributed by atoms with Gasteiger partial charge in [0.05, 0.1) is 13.0 Å². The number of amides is 1. The van der Waals surface area contributed by atoms with E-state index in [1.54, 1.807) is 0 Å². The van der Waals surface area contributed by atoms with Crippen LogP contribution in [-0.4, -0.2) is 54.6 Å². The first kappa shape index (κ1) is 30.1. The third-order valence-electron chi connectivity index (χ3n) is 5.44. The zero-order valence-electron chi connectivity index (χ0n) is 22.3. The fraction of sp³-hybridized carbons (Fsp3) is 0.714. The molecule has 1 aromatic rings. The van der Waals surface area contributed by atoms with E-state index in [9.17, 15) is 9.59 Å². The topological polar surface area (TPSA) is 59.1 Å². The van der Waals surface area contributed by atoms with Crippen LogP contribution >= 0.6 is 0 Å². The van der Waals surface area contributed by atoms with Gasteiger partial charge in [0.15, 0.2) is 0 Å². The van der Waals surface area contributed by atoms with Gasteiger partial charge in [0.25, 0.3) is 0 Å². The highest BCUT2D eigenvalue weighted by Crippen LogP contribution is 2.14. The van der Waals surface area contributed by atoms with Crippen LogP contribution in [0.2, 0.25) is 0 Å². The van der Waals surface area contributed by atoms with E-state index in [2.05, 4.69) is 19.0 Å². The van der Waals surface area contributed by atoms with Crippen LogP contribution in [0.5, 0.6) is 0 Å². The Morgan fingerprint density at radius 2 is 1.32 bits per heavy atom. The lowest BCUT2D eigenvalue weighted by atomic mass is 10.1. The summed E-state index contributed by atoms with van der Waals surface area (Å²) in [6.07, 6.45) is 11.3. The van der Waals surface area contributed by atoms with Crippen LogP contribution in [0.25, 0.3) is 0 Å². The van der Waals surface area contributed by atoms with E-state index in [1.807, 2.05) is 51.1 Å². The van der Waals surface area contributed by atoms with Gasteiger partial charge >= 0.3 is 5.97 Å². The maximum atomic E-state index is 12.8. The summed E-state index contributed by atoms with van der Waals surface area (Å²) in [5, 5.41) is 1.35. The number of hydrogen-bond acceptors (Lipinski definition) is 5. The summed E-state index contributed by atoms with van der Waals surface area (Å²) in [5.74, 6) is -0.393. The van der Waals surface area contributed by atoms with Crippen LogP contribution in [0.15, 0.2) is 30.3 Å². The molecule has 0 bridgehead atoms. The molecule has 0 N–H and O–H groups in total. The number of hydrogen-bond donors (Lipinski definition) is 0. The van der Waals surface area contributed by atoms with Gasteiger partial charge in [0.2, 0.25) is 5.91 Å². The first-order valence-corrected chi connectivity index (χ1v) is 13.0. The Hall–Kier alpha value is -1.92. The molecule has 0 aliphatic rings. The molecule has 0 saturated carbocycles. The van der Waals surface area contributed by atoms with E-state index in [1.165, 1.54) is 50.1 Å². The van der Waals surface area contributed by atoms with E-state index in [0.717, 1.165) is 24.8 Å². The molecular weight excluding hydrogens is 428 g/mol. The number of carbonyl (C=O) groups is 2. The molecule has 1 rings (SSSR count). The number of benzene rings is 1. The van der Waals surface area contributed by atoms with Crippen molar-refractivity contribution in [2.75, 3.05) is 27.2 Å². The molecule has 0 fully saturated rings. The molecule has 0 heterocycles. The lowest BCUT2D eigenvalue weighted by Gasteiger charge is -2.24. The third-order valence-corrected chi connectivity index (χ3v) is 5.44. The predicted octanol–water partition coefficient (Wildman–Crippen LogP) is 6.14. The van der Waals surface area contributed by atoms with Crippen LogP contribution < -0.4 is 0 Å². The van der Waals surface area contributed by atoms with Crippen molar-refractivity contribution in [1.82, 2.24) is 9.96 Å². The first-order chi connectivity index (χ1) is 16.2. The molecule has 0 spiro atoms. The maximum Gasteiger partial charge on any atom is 0.308 e. The lowest BCUT2D eigenvalue weighted by molar-refractivity contribution is -0.194. The first-order valence-electron chi connectivity index (χ1n) is 13.0. The molecule has 1 amide bonds. The number of nitrogens with zero attached hydrogens (tertiary/aromatic N) is 2. The monoisotopic (exact) mass is 476 g/mol. The fourth-order valence-corrected chi connectivity index (χ4v) is 3.64. The second kappa shape index (κ2) is 17.5. The second-order valence-electron chi connectivity index (χ2n) is 10.3. The maximum absolute atomic E-state index is 12.8. The van der Waals surface area contributed by atoms with E-state index in [4.69, 9.17) is 9.57 Å². The van der Waals surface area contributed by atoms with Crippen molar-refractivity contribution in [2.24, 2.45) is 0 Å². The Kier molecular flexibility index (Phi) is 15.5. The SMILES string of the molecule is CN(C)CCCCCCCCCCCC(=O)N(CCC(=O)OC(C)(C)C)OCc1ccccc1. The average Bonchev–Trinajstić information content (AvgIpc) is 2.76. The zero-order chi connectivity index (χ0) is 25.2. The second-order valence-corrected chi connectivity index (χ2v) is 10.3. The van der Waals surface area contributed by atoms with Gasteiger partial charge in [0, 0.05) is 6.42 Å². The van der Waals surface area contributed by atoms with Crippen molar-refractivity contribution in [3.63, 3.8) is 0 Å². The van der Waals surface area contributed by atoms with Crippen molar-refractivity contribution in [2.45, 2.75) is 104 Å². The average molecular weight is 477 g/mol. The summed E-state index contributed by atoms with van der Waals surface area (Å²) in [6, 6.07) is 9.74. The quantitative estimate of drug-likeness (QED) is 0.145. The van der Waals surface area contributed by atoms with Gasteiger partial charge in [-0.15, -0.1) is 0 Å². The minimum Gasteiger partial charge on any atom is -0.460 e. The minimum absolute atomic E-state index is 0.0691.